The first-order chi connectivity index (χ1) is 18.6. The van der Waals surface area contributed by atoms with Crippen molar-refractivity contribution in [2.45, 2.75) is 86.9 Å². The number of nitrogens with zero attached hydrogens (tertiary/aromatic N) is 2. The molecule has 214 valence electrons. The number of sulfonamides is 1. The molecule has 1 heterocycles. The molecule has 1 N–H and O–H groups in total. The minimum absolute atomic E-state index is 0.0140. The molecule has 0 saturated heterocycles. The normalized spacial score (nSPS) is 30.1. The summed E-state index contributed by atoms with van der Waals surface area (Å²) in [5.74, 6) is -3.06. The highest BCUT2D eigenvalue weighted by atomic mass is 35.5. The number of ketones is 1. The molecule has 2 aromatic rings. The molecular weight excluding hydrogens is 563 g/mol. The van der Waals surface area contributed by atoms with Gasteiger partial charge in [-0.15, -0.1) is 0 Å². The van der Waals surface area contributed by atoms with E-state index in [0.717, 1.165) is 0 Å². The third-order valence-corrected chi connectivity index (χ3v) is 11.3. The van der Waals surface area contributed by atoms with Crippen molar-refractivity contribution in [3.8, 4) is 0 Å². The number of carbonyl (C=O) groups is 1. The van der Waals surface area contributed by atoms with Gasteiger partial charge in [0.15, 0.2) is 5.78 Å². The van der Waals surface area contributed by atoms with Crippen molar-refractivity contribution in [1.82, 2.24) is 9.62 Å². The average Bonchev–Trinajstić information content (AvgIpc) is 3.13. The van der Waals surface area contributed by atoms with Crippen molar-refractivity contribution in [1.29, 1.82) is 0 Å². The van der Waals surface area contributed by atoms with Gasteiger partial charge in [0, 0.05) is 36.8 Å². The molecule has 7 rings (SSSR count). The van der Waals surface area contributed by atoms with Crippen LogP contribution < -0.4 is 5.32 Å². The molecule has 4 saturated carbocycles. The molecule has 0 spiro atoms. The Balaban J connectivity index is 1.23. The van der Waals surface area contributed by atoms with Crippen molar-refractivity contribution < 1.29 is 26.4 Å². The number of rotatable bonds is 9. The van der Waals surface area contributed by atoms with Gasteiger partial charge >= 0.3 is 0 Å². The fourth-order valence-corrected chi connectivity index (χ4v) is 8.94. The maximum Gasteiger partial charge on any atom is 0.248 e. The molecule has 2 aromatic carbocycles. The second kappa shape index (κ2) is 9.03. The van der Waals surface area contributed by atoms with E-state index in [9.17, 15) is 26.4 Å². The Morgan fingerprint density at radius 2 is 1.75 bits per heavy atom. The molecule has 0 amide bonds. The number of benzene rings is 2. The maximum absolute atomic E-state index is 14.2. The van der Waals surface area contributed by atoms with Gasteiger partial charge < -0.3 is 5.32 Å². The summed E-state index contributed by atoms with van der Waals surface area (Å²) in [6.45, 7) is 3.74. The van der Waals surface area contributed by atoms with Crippen LogP contribution in [-0.4, -0.2) is 47.4 Å². The van der Waals surface area contributed by atoms with Crippen molar-refractivity contribution in [2.75, 3.05) is 0 Å². The lowest BCUT2D eigenvalue weighted by atomic mass is 9.38. The van der Waals surface area contributed by atoms with E-state index < -0.39 is 38.9 Å². The molecule has 1 atom stereocenters. The van der Waals surface area contributed by atoms with Gasteiger partial charge in [0.25, 0.3) is 0 Å². The number of carbonyl (C=O) groups excluding carboxylic acids is 1. The zero-order valence-electron chi connectivity index (χ0n) is 22.3. The van der Waals surface area contributed by atoms with Crippen LogP contribution in [0.3, 0.4) is 0 Å². The van der Waals surface area contributed by atoms with E-state index in [1.807, 2.05) is 13.8 Å². The summed E-state index contributed by atoms with van der Waals surface area (Å²) in [7, 11) is -3.92. The second-order valence-corrected chi connectivity index (χ2v) is 14.9. The highest BCUT2D eigenvalue weighted by Crippen LogP contribution is 2.71. The lowest BCUT2D eigenvalue weighted by Crippen LogP contribution is -2.78. The molecule has 6 nitrogen and oxygen atoms in total. The maximum atomic E-state index is 14.2. The van der Waals surface area contributed by atoms with Crippen LogP contribution in [0, 0.1) is 17.2 Å². The number of hydrogen-bond donors (Lipinski definition) is 1. The van der Waals surface area contributed by atoms with Gasteiger partial charge in [-0.3, -0.25) is 9.79 Å². The van der Waals surface area contributed by atoms with E-state index in [-0.39, 0.29) is 52.8 Å². The van der Waals surface area contributed by atoms with E-state index in [1.165, 1.54) is 16.4 Å². The van der Waals surface area contributed by atoms with Gasteiger partial charge in [-0.2, -0.15) is 4.31 Å². The minimum atomic E-state index is -3.92. The summed E-state index contributed by atoms with van der Waals surface area (Å²) in [6, 6.07) is 11.8. The number of alkyl halides is 2. The first-order valence-corrected chi connectivity index (χ1v) is 15.3. The zero-order valence-corrected chi connectivity index (χ0v) is 23.8. The fourth-order valence-electron chi connectivity index (χ4n) is 7.05. The molecule has 0 unspecified atom stereocenters. The first kappa shape index (κ1) is 27.7. The van der Waals surface area contributed by atoms with Crippen LogP contribution in [0.15, 0.2) is 58.4 Å². The SMILES string of the molecule is CC1(C)NC(C23CC(N(Cc4ccc(Cl)c(F)c4)S(=O)(=O)c4ccccc4)(C2)C3)=N[C@H]1C(=O)CC1CC(F)(F)C1. The van der Waals surface area contributed by atoms with Crippen molar-refractivity contribution in [2.24, 2.45) is 16.3 Å². The summed E-state index contributed by atoms with van der Waals surface area (Å²) < 4.78 is 70.0. The van der Waals surface area contributed by atoms with Gasteiger partial charge in [-0.25, -0.2) is 21.6 Å². The van der Waals surface area contributed by atoms with Crippen LogP contribution in [0.2, 0.25) is 5.02 Å². The zero-order chi connectivity index (χ0) is 28.7. The summed E-state index contributed by atoms with van der Waals surface area (Å²) in [6.07, 6.45) is 1.11. The largest absolute Gasteiger partial charge is 0.366 e. The van der Waals surface area contributed by atoms with Crippen molar-refractivity contribution >= 4 is 33.2 Å². The van der Waals surface area contributed by atoms with Crippen molar-refractivity contribution in [3.05, 3.63) is 64.9 Å². The summed E-state index contributed by atoms with van der Waals surface area (Å²) in [4.78, 5) is 18.0. The van der Waals surface area contributed by atoms with Gasteiger partial charge in [0.1, 0.15) is 17.7 Å². The van der Waals surface area contributed by atoms with Crippen LogP contribution >= 0.6 is 11.6 Å². The van der Waals surface area contributed by atoms with Crippen LogP contribution in [0.1, 0.15) is 57.9 Å². The Bertz CT molecular complexity index is 1490. The third-order valence-electron chi connectivity index (χ3n) is 9.03. The molecule has 5 aliphatic rings. The molecule has 4 aliphatic carbocycles. The standard InChI is InChI=1S/C29H31ClF3N3O3S/c1-26(2)24(23(37)11-19-12-29(32,33)13-19)34-25(35-26)27-15-28(16-27,17-27)36(14-18-8-9-21(30)22(31)10-18)40(38,39)20-6-4-3-5-7-20/h3-10,19,24H,11-17H2,1-2H3,(H,34,35)/t24-,27?,28?/m0/s1. The fraction of sp³-hybridized carbons (Fsp3) is 0.517. The Hall–Kier alpha value is -2.43. The monoisotopic (exact) mass is 593 g/mol. The van der Waals surface area contributed by atoms with Gasteiger partial charge in [-0.05, 0) is 68.9 Å². The van der Waals surface area contributed by atoms with E-state index >= 15 is 0 Å². The van der Waals surface area contributed by atoms with E-state index in [4.69, 9.17) is 16.6 Å². The van der Waals surface area contributed by atoms with E-state index in [1.54, 1.807) is 36.4 Å². The summed E-state index contributed by atoms with van der Waals surface area (Å²) in [5.41, 5.74) is -1.23. The predicted octanol–water partition coefficient (Wildman–Crippen LogP) is 5.75. The minimum Gasteiger partial charge on any atom is -0.366 e. The number of amidine groups is 1. The van der Waals surface area contributed by atoms with E-state index in [0.29, 0.717) is 30.7 Å². The molecule has 2 bridgehead atoms. The molecule has 11 heteroatoms. The number of hydrogen-bond acceptors (Lipinski definition) is 5. The number of Topliss-reactive ketones (excluding diaryl/α,β-unsaturated/α-hetero) is 1. The lowest BCUT2D eigenvalue weighted by Gasteiger charge is -2.73. The molecule has 0 radical (unpaired) electrons. The Kier molecular flexibility index (Phi) is 6.26. The van der Waals surface area contributed by atoms with E-state index in [2.05, 4.69) is 5.32 Å². The Morgan fingerprint density at radius 3 is 2.35 bits per heavy atom. The first-order valence-electron chi connectivity index (χ1n) is 13.4. The van der Waals surface area contributed by atoms with Crippen molar-refractivity contribution in [3.63, 3.8) is 0 Å². The predicted molar refractivity (Wildman–Crippen MR) is 145 cm³/mol. The molecule has 0 aromatic heterocycles. The molecule has 1 aliphatic heterocycles. The number of nitrogens with one attached hydrogen (secondary N) is 1. The van der Waals surface area contributed by atoms with Crippen LogP contribution in [0.4, 0.5) is 13.2 Å². The highest BCUT2D eigenvalue weighted by Gasteiger charge is 2.75. The Labute approximate surface area is 237 Å². The Morgan fingerprint density at radius 1 is 1.10 bits per heavy atom. The third kappa shape index (κ3) is 4.47. The molecule has 40 heavy (non-hydrogen) atoms. The van der Waals surface area contributed by atoms with Gasteiger partial charge in [0.2, 0.25) is 15.9 Å². The number of halogens is 4. The second-order valence-electron chi connectivity index (χ2n) is 12.6. The highest BCUT2D eigenvalue weighted by molar-refractivity contribution is 7.89. The average molecular weight is 594 g/mol. The number of aliphatic imine (C=N–C) groups is 1. The molecule has 4 fully saturated rings. The lowest BCUT2D eigenvalue weighted by molar-refractivity contribution is -0.151. The van der Waals surface area contributed by atoms with Gasteiger partial charge in [0.05, 0.1) is 15.5 Å². The van der Waals surface area contributed by atoms with Gasteiger partial charge in [-0.1, -0.05) is 35.9 Å². The topological polar surface area (TPSA) is 78.8 Å². The smallest absolute Gasteiger partial charge is 0.248 e. The summed E-state index contributed by atoms with van der Waals surface area (Å²) in [5, 5.41) is 3.37. The van der Waals surface area contributed by atoms with Crippen LogP contribution in [0.5, 0.6) is 0 Å². The quantitative estimate of drug-likeness (QED) is 0.402. The van der Waals surface area contributed by atoms with Crippen LogP contribution in [-0.2, 0) is 21.4 Å². The summed E-state index contributed by atoms with van der Waals surface area (Å²) >= 11 is 5.85. The van der Waals surface area contributed by atoms with Crippen LogP contribution in [0.25, 0.3) is 0 Å². The molecular formula is C29H31ClF3N3O3S.